The van der Waals surface area contributed by atoms with Crippen molar-refractivity contribution in [2.75, 3.05) is 13.1 Å². The number of primary amides is 1. The third-order valence-electron chi connectivity index (χ3n) is 3.66. The van der Waals surface area contributed by atoms with Gasteiger partial charge in [-0.05, 0) is 31.2 Å². The van der Waals surface area contributed by atoms with Crippen LogP contribution < -0.4 is 5.73 Å². The van der Waals surface area contributed by atoms with Gasteiger partial charge < -0.3 is 10.2 Å². The molecule has 2 N–H and O–H groups in total. The van der Waals surface area contributed by atoms with E-state index in [1.54, 1.807) is 18.2 Å². The van der Waals surface area contributed by atoms with Crippen molar-refractivity contribution in [3.8, 4) is 11.5 Å². The first-order chi connectivity index (χ1) is 10.5. The van der Waals surface area contributed by atoms with Gasteiger partial charge in [0.15, 0.2) is 0 Å². The van der Waals surface area contributed by atoms with Crippen LogP contribution in [0.25, 0.3) is 11.5 Å². The van der Waals surface area contributed by atoms with Gasteiger partial charge in [0.2, 0.25) is 17.7 Å². The quantitative estimate of drug-likeness (QED) is 0.923. The highest BCUT2D eigenvalue weighted by Crippen LogP contribution is 2.29. The van der Waals surface area contributed by atoms with Gasteiger partial charge in [0.25, 0.3) is 0 Å². The predicted octanol–water partition coefficient (Wildman–Crippen LogP) is 2.35. The summed E-state index contributed by atoms with van der Waals surface area (Å²) in [7, 11) is 0. The fourth-order valence-corrected chi connectivity index (χ4v) is 2.98. The van der Waals surface area contributed by atoms with E-state index < -0.39 is 0 Å². The summed E-state index contributed by atoms with van der Waals surface area (Å²) in [6.45, 7) is 1.89. The number of benzene rings is 1. The van der Waals surface area contributed by atoms with E-state index in [0.29, 0.717) is 40.5 Å². The molecule has 8 heteroatoms. The Hall–Kier alpha value is -1.63. The Balaban J connectivity index is 1.70. The second-order valence-electron chi connectivity index (χ2n) is 5.25. The van der Waals surface area contributed by atoms with Crippen LogP contribution in [0.1, 0.15) is 12.3 Å². The van der Waals surface area contributed by atoms with E-state index in [2.05, 4.69) is 15.1 Å². The highest BCUT2D eigenvalue weighted by Gasteiger charge is 2.27. The van der Waals surface area contributed by atoms with E-state index in [0.717, 1.165) is 13.0 Å². The lowest BCUT2D eigenvalue weighted by molar-refractivity contribution is -0.121. The van der Waals surface area contributed by atoms with Crippen molar-refractivity contribution in [1.29, 1.82) is 0 Å². The lowest BCUT2D eigenvalue weighted by atomic mass is 10.1. The highest BCUT2D eigenvalue weighted by atomic mass is 35.5. The van der Waals surface area contributed by atoms with Gasteiger partial charge >= 0.3 is 0 Å². The smallest absolute Gasteiger partial charge is 0.249 e. The Labute approximate surface area is 137 Å². The average molecular weight is 341 g/mol. The fourth-order valence-electron chi connectivity index (χ4n) is 2.49. The second kappa shape index (κ2) is 6.24. The van der Waals surface area contributed by atoms with Crippen LogP contribution in [0.2, 0.25) is 10.0 Å². The molecule has 0 spiro atoms. The van der Waals surface area contributed by atoms with Gasteiger partial charge in [0, 0.05) is 11.6 Å². The zero-order valence-electron chi connectivity index (χ0n) is 11.6. The van der Waals surface area contributed by atoms with Crippen molar-refractivity contribution in [2.24, 2.45) is 11.7 Å². The minimum absolute atomic E-state index is 0.104. The lowest BCUT2D eigenvalue weighted by Crippen LogP contribution is -2.27. The summed E-state index contributed by atoms with van der Waals surface area (Å²) < 4.78 is 5.64. The SMILES string of the molecule is NC(=O)C1CCN(Cc2nnc(-c3ccc(Cl)cc3Cl)o2)C1. The van der Waals surface area contributed by atoms with Crippen molar-refractivity contribution >= 4 is 29.1 Å². The molecule has 22 heavy (non-hydrogen) atoms. The van der Waals surface area contributed by atoms with Crippen LogP contribution >= 0.6 is 23.2 Å². The molecule has 3 rings (SSSR count). The molecule has 0 bridgehead atoms. The average Bonchev–Trinajstić information content (AvgIpc) is 3.09. The fraction of sp³-hybridized carbons (Fsp3) is 0.357. The molecule has 1 unspecified atom stereocenters. The minimum Gasteiger partial charge on any atom is -0.419 e. The molecular weight excluding hydrogens is 327 g/mol. The van der Waals surface area contributed by atoms with Gasteiger partial charge in [0.05, 0.1) is 23.0 Å². The summed E-state index contributed by atoms with van der Waals surface area (Å²) in [6.07, 6.45) is 0.763. The summed E-state index contributed by atoms with van der Waals surface area (Å²) in [5, 5.41) is 9.03. The third-order valence-corrected chi connectivity index (χ3v) is 4.21. The number of carbonyl (C=O) groups is 1. The first kappa shape index (κ1) is 15.3. The molecule has 2 aromatic rings. The number of nitrogens with zero attached hydrogens (tertiary/aromatic N) is 3. The Kier molecular flexibility index (Phi) is 4.33. The van der Waals surface area contributed by atoms with Gasteiger partial charge in [-0.25, -0.2) is 0 Å². The van der Waals surface area contributed by atoms with E-state index in [-0.39, 0.29) is 11.8 Å². The molecule has 0 radical (unpaired) electrons. The molecule has 1 saturated heterocycles. The molecule has 1 aromatic carbocycles. The minimum atomic E-state index is -0.262. The van der Waals surface area contributed by atoms with E-state index >= 15 is 0 Å². The van der Waals surface area contributed by atoms with Gasteiger partial charge in [-0.15, -0.1) is 10.2 Å². The van der Waals surface area contributed by atoms with Crippen LogP contribution in [0.15, 0.2) is 22.6 Å². The summed E-state index contributed by atoms with van der Waals surface area (Å²) >= 11 is 12.0. The molecule has 0 aliphatic carbocycles. The molecule has 1 aromatic heterocycles. The standard InChI is InChI=1S/C14H14Cl2N4O2/c15-9-1-2-10(11(16)5-9)14-19-18-12(22-14)7-20-4-3-8(6-20)13(17)21/h1-2,5,8H,3-4,6-7H2,(H2,17,21). The van der Waals surface area contributed by atoms with Crippen molar-refractivity contribution < 1.29 is 9.21 Å². The number of hydrogen-bond acceptors (Lipinski definition) is 5. The Morgan fingerprint density at radius 1 is 1.41 bits per heavy atom. The highest BCUT2D eigenvalue weighted by molar-refractivity contribution is 6.36. The molecule has 1 fully saturated rings. The zero-order chi connectivity index (χ0) is 15.7. The number of aromatic nitrogens is 2. The number of likely N-dealkylation sites (tertiary alicyclic amines) is 1. The van der Waals surface area contributed by atoms with E-state index in [1.807, 2.05) is 0 Å². The van der Waals surface area contributed by atoms with Crippen LogP contribution in [0, 0.1) is 5.92 Å². The number of carbonyl (C=O) groups excluding carboxylic acids is 1. The van der Waals surface area contributed by atoms with Crippen molar-refractivity contribution in [1.82, 2.24) is 15.1 Å². The van der Waals surface area contributed by atoms with Crippen LogP contribution in [0.4, 0.5) is 0 Å². The maximum Gasteiger partial charge on any atom is 0.249 e. The topological polar surface area (TPSA) is 85.3 Å². The van der Waals surface area contributed by atoms with E-state index in [4.69, 9.17) is 33.4 Å². The Bertz CT molecular complexity index is 704. The van der Waals surface area contributed by atoms with E-state index in [1.165, 1.54) is 0 Å². The monoisotopic (exact) mass is 340 g/mol. The van der Waals surface area contributed by atoms with Gasteiger partial charge in [-0.3, -0.25) is 9.69 Å². The third kappa shape index (κ3) is 3.24. The molecular formula is C14H14Cl2N4O2. The first-order valence-corrected chi connectivity index (χ1v) is 7.58. The van der Waals surface area contributed by atoms with Crippen molar-refractivity contribution in [3.05, 3.63) is 34.1 Å². The summed E-state index contributed by atoms with van der Waals surface area (Å²) in [5.41, 5.74) is 5.96. The molecule has 1 aliphatic rings. The molecule has 116 valence electrons. The molecule has 6 nitrogen and oxygen atoms in total. The van der Waals surface area contributed by atoms with E-state index in [9.17, 15) is 4.79 Å². The molecule has 1 atom stereocenters. The largest absolute Gasteiger partial charge is 0.419 e. The predicted molar refractivity (Wildman–Crippen MR) is 82.3 cm³/mol. The lowest BCUT2D eigenvalue weighted by Gasteiger charge is -2.11. The molecule has 1 aliphatic heterocycles. The Morgan fingerprint density at radius 2 is 2.23 bits per heavy atom. The maximum atomic E-state index is 11.2. The first-order valence-electron chi connectivity index (χ1n) is 6.82. The van der Waals surface area contributed by atoms with Crippen LogP contribution in [0.5, 0.6) is 0 Å². The second-order valence-corrected chi connectivity index (χ2v) is 6.09. The number of halogens is 2. The van der Waals surface area contributed by atoms with Gasteiger partial charge in [-0.2, -0.15) is 0 Å². The van der Waals surface area contributed by atoms with Crippen LogP contribution in [-0.4, -0.2) is 34.1 Å². The molecule has 1 amide bonds. The van der Waals surface area contributed by atoms with Crippen molar-refractivity contribution in [2.45, 2.75) is 13.0 Å². The molecule has 2 heterocycles. The zero-order valence-corrected chi connectivity index (χ0v) is 13.1. The van der Waals surface area contributed by atoms with Gasteiger partial charge in [0.1, 0.15) is 0 Å². The summed E-state index contributed by atoms with van der Waals surface area (Å²) in [5.74, 6) is 0.461. The molecule has 0 saturated carbocycles. The van der Waals surface area contributed by atoms with Crippen molar-refractivity contribution in [3.63, 3.8) is 0 Å². The number of hydrogen-bond donors (Lipinski definition) is 1. The number of rotatable bonds is 4. The number of nitrogens with two attached hydrogens (primary N) is 1. The van der Waals surface area contributed by atoms with Crippen LogP contribution in [-0.2, 0) is 11.3 Å². The van der Waals surface area contributed by atoms with Gasteiger partial charge in [-0.1, -0.05) is 23.2 Å². The summed E-state index contributed by atoms with van der Waals surface area (Å²) in [4.78, 5) is 13.2. The summed E-state index contributed by atoms with van der Waals surface area (Å²) in [6, 6.07) is 5.08. The Morgan fingerprint density at radius 3 is 2.91 bits per heavy atom. The number of amides is 1. The maximum absolute atomic E-state index is 11.2. The van der Waals surface area contributed by atoms with Crippen LogP contribution in [0.3, 0.4) is 0 Å². The normalized spacial score (nSPS) is 18.7.